The minimum atomic E-state index is -0.539. The first-order chi connectivity index (χ1) is 18.5. The molecule has 0 aliphatic carbocycles. The molecule has 1 atom stereocenters. The number of hydrogen-bond acceptors (Lipinski definition) is 9. The van der Waals surface area contributed by atoms with Gasteiger partial charge in [-0.15, -0.1) is 0 Å². The van der Waals surface area contributed by atoms with Crippen molar-refractivity contribution in [3.8, 4) is 17.2 Å². The number of hydrogen-bond donors (Lipinski definition) is 1. The fraction of sp³-hybridized carbons (Fsp3) is 0.393. The Bertz CT molecular complexity index is 1510. The van der Waals surface area contributed by atoms with E-state index in [1.807, 2.05) is 31.2 Å². The number of Topliss-reactive ketones (excluding diaryl/α,β-unsaturated/α-hetero) is 2. The normalized spacial score (nSPS) is 21.4. The number of nitrogens with one attached hydrogen (secondary N) is 1. The van der Waals surface area contributed by atoms with E-state index in [9.17, 15) is 9.59 Å². The molecule has 38 heavy (non-hydrogen) atoms. The van der Waals surface area contributed by atoms with Crippen molar-refractivity contribution in [1.82, 2.24) is 39.9 Å². The fourth-order valence-corrected chi connectivity index (χ4v) is 5.48. The van der Waals surface area contributed by atoms with E-state index < -0.39 is 5.54 Å². The number of carbonyl (C=O) groups excluding carboxylic acids is 2. The van der Waals surface area contributed by atoms with Crippen LogP contribution >= 0.6 is 0 Å². The minimum absolute atomic E-state index is 0.272. The van der Waals surface area contributed by atoms with Crippen LogP contribution in [0.4, 0.5) is 0 Å². The van der Waals surface area contributed by atoms with Crippen LogP contribution in [-0.2, 0) is 15.1 Å². The van der Waals surface area contributed by atoms with E-state index in [-0.39, 0.29) is 5.78 Å². The van der Waals surface area contributed by atoms with Crippen molar-refractivity contribution in [3.63, 3.8) is 0 Å². The highest BCUT2D eigenvalue weighted by Gasteiger charge is 2.56. The van der Waals surface area contributed by atoms with Crippen molar-refractivity contribution in [1.29, 1.82) is 0 Å². The molecule has 0 aromatic carbocycles. The van der Waals surface area contributed by atoms with Gasteiger partial charge in [0.1, 0.15) is 17.0 Å². The number of fused-ring (bicyclic) bond motifs is 2. The van der Waals surface area contributed by atoms with E-state index in [1.165, 1.54) is 0 Å². The molecule has 7 rings (SSSR count). The van der Waals surface area contributed by atoms with Gasteiger partial charge in [-0.2, -0.15) is 5.10 Å². The Morgan fingerprint density at radius 3 is 2.68 bits per heavy atom. The van der Waals surface area contributed by atoms with Gasteiger partial charge in [0.15, 0.2) is 11.6 Å². The molecule has 1 unspecified atom stereocenters. The molecule has 3 aliphatic heterocycles. The SMILES string of the molecule is Cc1cncc(-c2cc3c(cn2)cnn3-c2cccc(C34CCN3CCC4=O)n2)n1.O=C1CCCNCC1. The molecule has 10 heteroatoms. The monoisotopic (exact) mass is 510 g/mol. The zero-order valence-electron chi connectivity index (χ0n) is 21.4. The summed E-state index contributed by atoms with van der Waals surface area (Å²) in [5, 5.41) is 8.61. The lowest BCUT2D eigenvalue weighted by atomic mass is 9.80. The van der Waals surface area contributed by atoms with E-state index in [0.717, 1.165) is 79.8 Å². The molecule has 3 aliphatic rings. The number of nitrogens with zero attached hydrogens (tertiary/aromatic N) is 7. The first-order valence-corrected chi connectivity index (χ1v) is 13.2. The largest absolute Gasteiger partial charge is 0.316 e. The predicted octanol–water partition coefficient (Wildman–Crippen LogP) is 2.78. The number of rotatable bonds is 3. The van der Waals surface area contributed by atoms with Crippen LogP contribution in [0.3, 0.4) is 0 Å². The van der Waals surface area contributed by atoms with Crippen LogP contribution in [0.2, 0.25) is 0 Å². The molecule has 3 saturated heterocycles. The zero-order chi connectivity index (χ0) is 26.1. The van der Waals surface area contributed by atoms with Crippen molar-refractivity contribution < 1.29 is 9.59 Å². The van der Waals surface area contributed by atoms with Crippen molar-refractivity contribution in [3.05, 3.63) is 60.4 Å². The number of carbonyl (C=O) groups is 2. The van der Waals surface area contributed by atoms with E-state index in [0.29, 0.717) is 23.7 Å². The van der Waals surface area contributed by atoms with Gasteiger partial charge in [-0.1, -0.05) is 6.07 Å². The summed E-state index contributed by atoms with van der Waals surface area (Å²) in [5.74, 6) is 1.37. The summed E-state index contributed by atoms with van der Waals surface area (Å²) >= 11 is 0. The maximum Gasteiger partial charge on any atom is 0.160 e. The number of ketones is 2. The molecule has 10 nitrogen and oxygen atoms in total. The molecule has 0 radical (unpaired) electrons. The van der Waals surface area contributed by atoms with E-state index in [1.54, 1.807) is 29.5 Å². The highest BCUT2D eigenvalue weighted by molar-refractivity contribution is 5.92. The van der Waals surface area contributed by atoms with Crippen LogP contribution in [0.5, 0.6) is 0 Å². The molecule has 0 spiro atoms. The molecule has 4 aromatic rings. The third-order valence-electron chi connectivity index (χ3n) is 7.59. The molecule has 0 amide bonds. The maximum atomic E-state index is 12.7. The lowest BCUT2D eigenvalue weighted by Gasteiger charge is -2.46. The highest BCUT2D eigenvalue weighted by atomic mass is 16.1. The molecular formula is C28H30N8O2. The average molecular weight is 511 g/mol. The summed E-state index contributed by atoms with van der Waals surface area (Å²) in [6, 6.07) is 7.78. The van der Waals surface area contributed by atoms with Gasteiger partial charge in [-0.05, 0) is 44.5 Å². The summed E-state index contributed by atoms with van der Waals surface area (Å²) in [6.45, 7) is 5.59. The molecule has 0 saturated carbocycles. The molecule has 4 aromatic heterocycles. The Morgan fingerprint density at radius 2 is 1.87 bits per heavy atom. The fourth-order valence-electron chi connectivity index (χ4n) is 5.48. The standard InChI is InChI=1S/C22H19N7O.C6H11NO/c1-14-10-23-13-17(26-14)16-9-18-15(11-24-16)12-25-29(18)21-4-2-3-19(27-21)22-6-8-28(22)7-5-20(22)30;8-6-2-1-4-7-5-3-6/h2-4,9-13H,5-8H2,1H3;7H,1-5H2. The number of aryl methyl sites for hydroxylation is 1. The third-order valence-corrected chi connectivity index (χ3v) is 7.59. The van der Waals surface area contributed by atoms with Crippen LogP contribution in [0.25, 0.3) is 28.1 Å². The van der Waals surface area contributed by atoms with Crippen LogP contribution < -0.4 is 5.32 Å². The second-order valence-electron chi connectivity index (χ2n) is 10.0. The van der Waals surface area contributed by atoms with Gasteiger partial charge in [0.25, 0.3) is 0 Å². The smallest absolute Gasteiger partial charge is 0.160 e. The summed E-state index contributed by atoms with van der Waals surface area (Å²) in [4.78, 5) is 43.7. The maximum absolute atomic E-state index is 12.7. The third kappa shape index (κ3) is 4.39. The van der Waals surface area contributed by atoms with Gasteiger partial charge in [-0.25, -0.2) is 14.6 Å². The van der Waals surface area contributed by atoms with Crippen molar-refractivity contribution in [2.24, 2.45) is 0 Å². The lowest BCUT2D eigenvalue weighted by Crippen LogP contribution is -2.56. The van der Waals surface area contributed by atoms with Gasteiger partial charge < -0.3 is 5.32 Å². The Balaban J connectivity index is 0.000000285. The van der Waals surface area contributed by atoms with Crippen molar-refractivity contribution in [2.45, 2.75) is 44.6 Å². The Morgan fingerprint density at radius 1 is 0.947 bits per heavy atom. The molecule has 194 valence electrons. The van der Waals surface area contributed by atoms with Gasteiger partial charge >= 0.3 is 0 Å². The number of aromatic nitrogens is 6. The number of pyridine rings is 2. The first-order valence-electron chi connectivity index (χ1n) is 13.2. The topological polar surface area (TPSA) is 119 Å². The summed E-state index contributed by atoms with van der Waals surface area (Å²) < 4.78 is 1.80. The van der Waals surface area contributed by atoms with E-state index >= 15 is 0 Å². The quantitative estimate of drug-likeness (QED) is 0.444. The highest BCUT2D eigenvalue weighted by Crippen LogP contribution is 2.45. The molecule has 0 bridgehead atoms. The second kappa shape index (κ2) is 10.1. The molecular weight excluding hydrogens is 480 g/mol. The van der Waals surface area contributed by atoms with Gasteiger partial charge in [0.2, 0.25) is 0 Å². The molecule has 3 fully saturated rings. The van der Waals surface area contributed by atoms with Gasteiger partial charge in [0.05, 0.1) is 35.0 Å². The zero-order valence-corrected chi connectivity index (χ0v) is 21.4. The average Bonchev–Trinajstić information content (AvgIpc) is 3.32. The summed E-state index contributed by atoms with van der Waals surface area (Å²) in [5.41, 5.74) is 3.44. The molecule has 7 heterocycles. The lowest BCUT2D eigenvalue weighted by molar-refractivity contribution is -0.131. The predicted molar refractivity (Wildman–Crippen MR) is 142 cm³/mol. The van der Waals surface area contributed by atoms with Crippen LogP contribution in [-0.4, -0.2) is 72.4 Å². The first kappa shape index (κ1) is 24.4. The van der Waals surface area contributed by atoms with Gasteiger partial charge in [-0.3, -0.25) is 24.5 Å². The Labute approximate surface area is 220 Å². The Hall–Kier alpha value is -3.89. The van der Waals surface area contributed by atoms with E-state index in [2.05, 4.69) is 30.3 Å². The van der Waals surface area contributed by atoms with Crippen LogP contribution in [0.15, 0.2) is 49.1 Å². The van der Waals surface area contributed by atoms with Crippen LogP contribution in [0, 0.1) is 6.92 Å². The summed E-state index contributed by atoms with van der Waals surface area (Å²) in [7, 11) is 0. The van der Waals surface area contributed by atoms with Crippen molar-refractivity contribution in [2.75, 3.05) is 26.2 Å². The van der Waals surface area contributed by atoms with E-state index in [4.69, 9.17) is 4.98 Å². The molecule has 1 N–H and O–H groups in total. The summed E-state index contributed by atoms with van der Waals surface area (Å²) in [6.07, 6.45) is 11.0. The second-order valence-corrected chi connectivity index (χ2v) is 10.0. The van der Waals surface area contributed by atoms with Gasteiger partial charge in [0, 0.05) is 56.7 Å². The Kier molecular flexibility index (Phi) is 6.50. The minimum Gasteiger partial charge on any atom is -0.316 e. The van der Waals surface area contributed by atoms with Crippen molar-refractivity contribution >= 4 is 22.5 Å². The van der Waals surface area contributed by atoms with Crippen LogP contribution in [0.1, 0.15) is 43.5 Å².